The summed E-state index contributed by atoms with van der Waals surface area (Å²) < 4.78 is 1.92. The number of aryl methyl sites for hydroxylation is 1. The molecule has 1 N–H and O–H groups in total. The highest BCUT2D eigenvalue weighted by molar-refractivity contribution is 5.81. The lowest BCUT2D eigenvalue weighted by Crippen LogP contribution is -2.20. The summed E-state index contributed by atoms with van der Waals surface area (Å²) in [5.41, 5.74) is 3.16. The molecule has 20 heavy (non-hydrogen) atoms. The maximum atomic E-state index is 4.63. The van der Waals surface area contributed by atoms with Gasteiger partial charge in [-0.05, 0) is 13.1 Å². The second-order valence-electron chi connectivity index (χ2n) is 4.76. The first kappa shape index (κ1) is 12.7. The number of para-hydroxylation sites is 1. The average Bonchev–Trinajstić information content (AvgIpc) is 2.82. The van der Waals surface area contributed by atoms with Gasteiger partial charge in [0.05, 0.1) is 22.9 Å². The minimum atomic E-state index is 0.113. The van der Waals surface area contributed by atoms with Crippen molar-refractivity contribution in [2.45, 2.75) is 12.5 Å². The Labute approximate surface area is 117 Å². The van der Waals surface area contributed by atoms with E-state index in [0.717, 1.165) is 23.3 Å². The second-order valence-corrected chi connectivity index (χ2v) is 4.76. The monoisotopic (exact) mass is 267 g/mol. The molecular formula is C15H17N5. The van der Waals surface area contributed by atoms with Crippen LogP contribution in [0.3, 0.4) is 0 Å². The summed E-state index contributed by atoms with van der Waals surface area (Å²) in [6.45, 7) is 0. The fourth-order valence-electron chi connectivity index (χ4n) is 2.48. The number of hydrogen-bond acceptors (Lipinski definition) is 4. The number of aromatic nitrogens is 4. The van der Waals surface area contributed by atoms with Gasteiger partial charge in [-0.25, -0.2) is 0 Å². The smallest absolute Gasteiger partial charge is 0.0759 e. The lowest BCUT2D eigenvalue weighted by Gasteiger charge is -2.13. The number of rotatable bonds is 4. The van der Waals surface area contributed by atoms with E-state index in [1.54, 1.807) is 18.6 Å². The summed E-state index contributed by atoms with van der Waals surface area (Å²) in [5, 5.41) is 9.11. The molecule has 0 saturated carbocycles. The van der Waals surface area contributed by atoms with Crippen molar-refractivity contribution in [1.82, 2.24) is 25.1 Å². The Morgan fingerprint density at radius 1 is 1.25 bits per heavy atom. The molecule has 5 nitrogen and oxygen atoms in total. The van der Waals surface area contributed by atoms with Gasteiger partial charge in [-0.1, -0.05) is 18.2 Å². The molecule has 0 aliphatic rings. The second kappa shape index (κ2) is 5.38. The van der Waals surface area contributed by atoms with Crippen LogP contribution in [-0.4, -0.2) is 26.8 Å². The van der Waals surface area contributed by atoms with E-state index >= 15 is 0 Å². The van der Waals surface area contributed by atoms with Crippen LogP contribution in [0.25, 0.3) is 10.9 Å². The molecule has 1 aromatic carbocycles. The van der Waals surface area contributed by atoms with Gasteiger partial charge >= 0.3 is 0 Å². The largest absolute Gasteiger partial charge is 0.311 e. The molecule has 102 valence electrons. The molecule has 0 aliphatic heterocycles. The molecule has 2 heterocycles. The summed E-state index contributed by atoms with van der Waals surface area (Å²) >= 11 is 0. The topological polar surface area (TPSA) is 55.6 Å². The zero-order valence-corrected chi connectivity index (χ0v) is 11.6. The van der Waals surface area contributed by atoms with E-state index in [1.165, 1.54) is 5.39 Å². The lowest BCUT2D eigenvalue weighted by molar-refractivity contribution is 0.562. The molecule has 0 bridgehead atoms. The van der Waals surface area contributed by atoms with Crippen molar-refractivity contribution in [3.8, 4) is 0 Å². The molecule has 2 aromatic heterocycles. The van der Waals surface area contributed by atoms with E-state index in [1.807, 2.05) is 30.9 Å². The van der Waals surface area contributed by atoms with Crippen LogP contribution in [-0.2, 0) is 13.5 Å². The molecule has 0 aliphatic carbocycles. The van der Waals surface area contributed by atoms with Gasteiger partial charge in [-0.3, -0.25) is 14.6 Å². The molecule has 0 amide bonds. The van der Waals surface area contributed by atoms with Gasteiger partial charge in [0.25, 0.3) is 0 Å². The van der Waals surface area contributed by atoms with Gasteiger partial charge in [-0.2, -0.15) is 5.10 Å². The number of fused-ring (bicyclic) bond motifs is 1. The Morgan fingerprint density at radius 3 is 2.85 bits per heavy atom. The molecule has 0 radical (unpaired) electrons. The molecule has 0 spiro atoms. The molecule has 3 rings (SSSR count). The van der Waals surface area contributed by atoms with Crippen molar-refractivity contribution < 1.29 is 0 Å². The van der Waals surface area contributed by atoms with Crippen molar-refractivity contribution in [2.75, 3.05) is 7.05 Å². The molecule has 1 atom stereocenters. The predicted molar refractivity (Wildman–Crippen MR) is 78.3 cm³/mol. The SMILES string of the molecule is CNC(Cc1nn(C)c2ccccc12)c1cnccn1. The van der Waals surface area contributed by atoms with Crippen molar-refractivity contribution >= 4 is 10.9 Å². The van der Waals surface area contributed by atoms with Crippen molar-refractivity contribution in [1.29, 1.82) is 0 Å². The summed E-state index contributed by atoms with van der Waals surface area (Å²) in [6.07, 6.45) is 5.99. The quantitative estimate of drug-likeness (QED) is 0.784. The van der Waals surface area contributed by atoms with Crippen molar-refractivity contribution in [3.63, 3.8) is 0 Å². The van der Waals surface area contributed by atoms with E-state index in [9.17, 15) is 0 Å². The summed E-state index contributed by atoms with van der Waals surface area (Å²) in [4.78, 5) is 8.51. The first-order valence-electron chi connectivity index (χ1n) is 6.63. The van der Waals surface area contributed by atoms with Crippen molar-refractivity contribution in [3.05, 3.63) is 54.2 Å². The summed E-state index contributed by atoms with van der Waals surface area (Å²) in [7, 11) is 3.91. The zero-order valence-electron chi connectivity index (χ0n) is 11.6. The van der Waals surface area contributed by atoms with Crippen LogP contribution in [0, 0.1) is 0 Å². The van der Waals surface area contributed by atoms with Gasteiger partial charge < -0.3 is 5.32 Å². The predicted octanol–water partition coefficient (Wildman–Crippen LogP) is 1.87. The highest BCUT2D eigenvalue weighted by atomic mass is 15.3. The van der Waals surface area contributed by atoms with Gasteiger partial charge in [0, 0.05) is 37.4 Å². The molecular weight excluding hydrogens is 250 g/mol. The normalized spacial score (nSPS) is 12.7. The standard InChI is InChI=1S/C15H17N5/c1-16-13(14-10-17-7-8-18-14)9-12-11-5-3-4-6-15(11)20(2)19-12/h3-8,10,13,16H,9H2,1-2H3. The Morgan fingerprint density at radius 2 is 2.10 bits per heavy atom. The minimum Gasteiger partial charge on any atom is -0.311 e. The highest BCUT2D eigenvalue weighted by Crippen LogP contribution is 2.22. The van der Waals surface area contributed by atoms with Crippen LogP contribution in [0.1, 0.15) is 17.4 Å². The van der Waals surface area contributed by atoms with Crippen molar-refractivity contribution in [2.24, 2.45) is 7.05 Å². The lowest BCUT2D eigenvalue weighted by atomic mass is 10.1. The van der Waals surface area contributed by atoms with Crippen LogP contribution in [0.15, 0.2) is 42.9 Å². The third-order valence-electron chi connectivity index (χ3n) is 3.52. The van der Waals surface area contributed by atoms with Gasteiger partial charge in [0.1, 0.15) is 0 Å². The maximum Gasteiger partial charge on any atom is 0.0759 e. The first-order chi connectivity index (χ1) is 9.79. The molecule has 1 unspecified atom stereocenters. The third-order valence-corrected chi connectivity index (χ3v) is 3.52. The number of nitrogens with one attached hydrogen (secondary N) is 1. The highest BCUT2D eigenvalue weighted by Gasteiger charge is 2.16. The molecule has 0 saturated heterocycles. The van der Waals surface area contributed by atoms with E-state index in [4.69, 9.17) is 0 Å². The number of hydrogen-bond donors (Lipinski definition) is 1. The van der Waals surface area contributed by atoms with E-state index < -0.39 is 0 Å². The molecule has 3 aromatic rings. The summed E-state index contributed by atoms with van der Waals surface area (Å²) in [6, 6.07) is 8.39. The van der Waals surface area contributed by atoms with Crippen LogP contribution in [0.2, 0.25) is 0 Å². The number of nitrogens with zero attached hydrogens (tertiary/aromatic N) is 4. The average molecular weight is 267 g/mol. The van der Waals surface area contributed by atoms with E-state index in [2.05, 4.69) is 32.5 Å². The Balaban J connectivity index is 1.96. The fourth-order valence-corrected chi connectivity index (χ4v) is 2.48. The maximum absolute atomic E-state index is 4.63. The van der Waals surface area contributed by atoms with Gasteiger partial charge in [-0.15, -0.1) is 0 Å². The van der Waals surface area contributed by atoms with Crippen LogP contribution in [0.4, 0.5) is 0 Å². The van der Waals surface area contributed by atoms with Crippen LogP contribution in [0.5, 0.6) is 0 Å². The Hall–Kier alpha value is -2.27. The van der Waals surface area contributed by atoms with Crippen LogP contribution >= 0.6 is 0 Å². The Bertz CT molecular complexity index is 705. The molecule has 0 fully saturated rings. The minimum absolute atomic E-state index is 0.113. The van der Waals surface area contributed by atoms with Gasteiger partial charge in [0.15, 0.2) is 0 Å². The zero-order chi connectivity index (χ0) is 13.9. The third kappa shape index (κ3) is 2.28. The van der Waals surface area contributed by atoms with Crippen LogP contribution < -0.4 is 5.32 Å². The van der Waals surface area contributed by atoms with Gasteiger partial charge in [0.2, 0.25) is 0 Å². The fraction of sp³-hybridized carbons (Fsp3) is 0.267. The van der Waals surface area contributed by atoms with E-state index in [0.29, 0.717) is 0 Å². The Kier molecular flexibility index (Phi) is 3.43. The van der Waals surface area contributed by atoms with E-state index in [-0.39, 0.29) is 6.04 Å². The molecule has 5 heteroatoms. The number of benzene rings is 1. The first-order valence-corrected chi connectivity index (χ1v) is 6.63. The summed E-state index contributed by atoms with van der Waals surface area (Å²) in [5.74, 6) is 0. The number of likely N-dealkylation sites (N-methyl/N-ethyl adjacent to an activating group) is 1.